The molecule has 0 aliphatic heterocycles. The van der Waals surface area contributed by atoms with Crippen LogP contribution in [0.4, 0.5) is 17.3 Å². The molecule has 0 saturated carbocycles. The molecule has 0 bridgehead atoms. The number of nitrogens with zero attached hydrogens (tertiary/aromatic N) is 3. The molecule has 2 N–H and O–H groups in total. The minimum Gasteiger partial charge on any atom is -0.363 e. The first kappa shape index (κ1) is 16.5. The Hall–Kier alpha value is -3.39. The summed E-state index contributed by atoms with van der Waals surface area (Å²) in [4.78, 5) is 8.87. The van der Waals surface area contributed by atoms with Crippen LogP contribution >= 0.6 is 0 Å². The number of para-hydroxylation sites is 1. The smallest absolute Gasteiger partial charge is 0.136 e. The molecule has 0 radical (unpaired) electrons. The van der Waals surface area contributed by atoms with Crippen molar-refractivity contribution in [3.63, 3.8) is 0 Å². The maximum atomic E-state index is 9.22. The normalized spacial score (nSPS) is 11.4. The summed E-state index contributed by atoms with van der Waals surface area (Å²) in [6.45, 7) is 3.94. The third-order valence-corrected chi connectivity index (χ3v) is 3.81. The molecular weight excluding hydrogens is 310 g/mol. The minimum absolute atomic E-state index is 0.120. The van der Waals surface area contributed by atoms with Crippen molar-refractivity contribution in [1.82, 2.24) is 9.97 Å². The zero-order valence-corrected chi connectivity index (χ0v) is 14.2. The fraction of sp³-hybridized carbons (Fsp3) is 0.150. The van der Waals surface area contributed by atoms with E-state index in [1.165, 1.54) is 5.56 Å². The van der Waals surface area contributed by atoms with Crippen molar-refractivity contribution in [3.05, 3.63) is 77.6 Å². The van der Waals surface area contributed by atoms with Gasteiger partial charge in [-0.3, -0.25) is 0 Å². The molecule has 25 heavy (non-hydrogen) atoms. The summed E-state index contributed by atoms with van der Waals surface area (Å²) >= 11 is 0. The summed E-state index contributed by atoms with van der Waals surface area (Å²) in [6, 6.07) is 21.7. The van der Waals surface area contributed by atoms with Crippen LogP contribution in [0.5, 0.6) is 0 Å². The largest absolute Gasteiger partial charge is 0.363 e. The second-order valence-corrected chi connectivity index (χ2v) is 5.74. The van der Waals surface area contributed by atoms with E-state index in [4.69, 9.17) is 0 Å². The van der Waals surface area contributed by atoms with Crippen molar-refractivity contribution in [2.24, 2.45) is 0 Å². The van der Waals surface area contributed by atoms with Gasteiger partial charge in [0.2, 0.25) is 0 Å². The van der Waals surface area contributed by atoms with E-state index in [0.717, 1.165) is 11.5 Å². The average molecular weight is 329 g/mol. The molecule has 1 atom stereocenters. The van der Waals surface area contributed by atoms with Crippen LogP contribution in [-0.4, -0.2) is 9.97 Å². The van der Waals surface area contributed by atoms with E-state index in [1.807, 2.05) is 49.4 Å². The van der Waals surface area contributed by atoms with Crippen molar-refractivity contribution in [2.45, 2.75) is 19.9 Å². The van der Waals surface area contributed by atoms with E-state index >= 15 is 0 Å². The van der Waals surface area contributed by atoms with Gasteiger partial charge in [-0.15, -0.1) is 0 Å². The number of anilines is 3. The lowest BCUT2D eigenvalue weighted by Crippen LogP contribution is -2.09. The number of nitrogens with one attached hydrogen (secondary N) is 2. The summed E-state index contributed by atoms with van der Waals surface area (Å²) in [5, 5.41) is 15.8. The fourth-order valence-corrected chi connectivity index (χ4v) is 2.58. The van der Waals surface area contributed by atoms with Crippen LogP contribution in [0.25, 0.3) is 0 Å². The monoisotopic (exact) mass is 329 g/mol. The summed E-state index contributed by atoms with van der Waals surface area (Å²) in [5.41, 5.74) is 2.49. The topological polar surface area (TPSA) is 73.6 Å². The van der Waals surface area contributed by atoms with Gasteiger partial charge < -0.3 is 10.6 Å². The minimum atomic E-state index is 0.120. The second-order valence-electron chi connectivity index (χ2n) is 5.74. The summed E-state index contributed by atoms with van der Waals surface area (Å²) in [7, 11) is 0. The number of rotatable bonds is 5. The Morgan fingerprint density at radius 2 is 1.64 bits per heavy atom. The lowest BCUT2D eigenvalue weighted by atomic mass is 10.1. The number of hydrogen-bond acceptors (Lipinski definition) is 5. The summed E-state index contributed by atoms with van der Waals surface area (Å²) in [6.07, 6.45) is 0. The van der Waals surface area contributed by atoms with Gasteiger partial charge >= 0.3 is 0 Å². The fourth-order valence-electron chi connectivity index (χ4n) is 2.58. The lowest BCUT2D eigenvalue weighted by molar-refractivity contribution is 0.867. The van der Waals surface area contributed by atoms with Gasteiger partial charge in [-0.25, -0.2) is 9.97 Å². The number of nitriles is 1. The summed E-state index contributed by atoms with van der Waals surface area (Å²) < 4.78 is 0. The standard InChI is InChI=1S/C20H19N5/c1-14(16-8-4-3-5-9-16)22-19-12-20(24-15(2)23-19)25-18-11-7-6-10-17(18)13-21/h3-12,14H,1-2H3,(H2,22,23,24,25). The molecular formula is C20H19N5. The zero-order chi connectivity index (χ0) is 17.6. The van der Waals surface area contributed by atoms with Crippen molar-refractivity contribution in [1.29, 1.82) is 5.26 Å². The molecule has 5 nitrogen and oxygen atoms in total. The van der Waals surface area contributed by atoms with Gasteiger partial charge in [0.15, 0.2) is 0 Å². The van der Waals surface area contributed by atoms with Crippen molar-refractivity contribution in [2.75, 3.05) is 10.6 Å². The molecule has 3 rings (SSSR count). The van der Waals surface area contributed by atoms with Gasteiger partial charge in [-0.05, 0) is 31.5 Å². The van der Waals surface area contributed by atoms with E-state index in [-0.39, 0.29) is 6.04 Å². The second kappa shape index (κ2) is 7.45. The first-order chi connectivity index (χ1) is 12.2. The quantitative estimate of drug-likeness (QED) is 0.717. The van der Waals surface area contributed by atoms with Crippen molar-refractivity contribution < 1.29 is 0 Å². The maximum absolute atomic E-state index is 9.22. The first-order valence-electron chi connectivity index (χ1n) is 8.09. The molecule has 3 aromatic rings. The Kier molecular flexibility index (Phi) is 4.91. The molecule has 1 heterocycles. The number of aromatic nitrogens is 2. The van der Waals surface area contributed by atoms with E-state index in [2.05, 4.69) is 45.7 Å². The number of aryl methyl sites for hydroxylation is 1. The van der Waals surface area contributed by atoms with Crippen molar-refractivity contribution in [3.8, 4) is 6.07 Å². The summed E-state index contributed by atoms with van der Waals surface area (Å²) in [5.74, 6) is 2.04. The molecule has 0 spiro atoms. The highest BCUT2D eigenvalue weighted by Gasteiger charge is 2.09. The van der Waals surface area contributed by atoms with E-state index in [0.29, 0.717) is 17.2 Å². The molecule has 124 valence electrons. The van der Waals surface area contributed by atoms with Crippen molar-refractivity contribution >= 4 is 17.3 Å². The van der Waals surface area contributed by atoms with Gasteiger partial charge in [0.25, 0.3) is 0 Å². The van der Waals surface area contributed by atoms with Crippen LogP contribution in [0.3, 0.4) is 0 Å². The third-order valence-electron chi connectivity index (χ3n) is 3.81. The molecule has 0 fully saturated rings. The van der Waals surface area contributed by atoms with Crippen LogP contribution in [-0.2, 0) is 0 Å². The Morgan fingerprint density at radius 3 is 2.40 bits per heavy atom. The van der Waals surface area contributed by atoms with E-state index < -0.39 is 0 Å². The van der Waals surface area contributed by atoms with Gasteiger partial charge in [0, 0.05) is 12.1 Å². The Balaban J connectivity index is 1.82. The highest BCUT2D eigenvalue weighted by Crippen LogP contribution is 2.23. The Labute approximate surface area is 147 Å². The molecule has 0 aliphatic rings. The van der Waals surface area contributed by atoms with Gasteiger partial charge in [-0.2, -0.15) is 5.26 Å². The molecule has 5 heteroatoms. The zero-order valence-electron chi connectivity index (χ0n) is 14.2. The number of hydrogen-bond donors (Lipinski definition) is 2. The highest BCUT2D eigenvalue weighted by atomic mass is 15.1. The van der Waals surface area contributed by atoms with Crippen LogP contribution in [0.2, 0.25) is 0 Å². The molecule has 2 aromatic carbocycles. The predicted molar refractivity (Wildman–Crippen MR) is 99.7 cm³/mol. The number of benzene rings is 2. The van der Waals surface area contributed by atoms with E-state index in [1.54, 1.807) is 6.07 Å². The third kappa shape index (κ3) is 4.12. The van der Waals surface area contributed by atoms with Crippen LogP contribution < -0.4 is 10.6 Å². The molecule has 0 saturated heterocycles. The first-order valence-corrected chi connectivity index (χ1v) is 8.09. The van der Waals surface area contributed by atoms with Gasteiger partial charge in [0.1, 0.15) is 23.5 Å². The van der Waals surface area contributed by atoms with E-state index in [9.17, 15) is 5.26 Å². The molecule has 1 unspecified atom stereocenters. The van der Waals surface area contributed by atoms with Crippen LogP contribution in [0.1, 0.15) is 29.9 Å². The molecule has 0 amide bonds. The average Bonchev–Trinajstić information content (AvgIpc) is 2.62. The van der Waals surface area contributed by atoms with Crippen LogP contribution in [0, 0.1) is 18.3 Å². The Morgan fingerprint density at radius 1 is 0.960 bits per heavy atom. The highest BCUT2D eigenvalue weighted by molar-refractivity contribution is 5.65. The maximum Gasteiger partial charge on any atom is 0.136 e. The van der Waals surface area contributed by atoms with Crippen LogP contribution in [0.15, 0.2) is 60.7 Å². The lowest BCUT2D eigenvalue weighted by Gasteiger charge is -2.16. The van der Waals surface area contributed by atoms with Gasteiger partial charge in [-0.1, -0.05) is 42.5 Å². The molecule has 0 aliphatic carbocycles. The predicted octanol–water partition coefficient (Wildman–Crippen LogP) is 4.57. The van der Waals surface area contributed by atoms with Gasteiger partial charge in [0.05, 0.1) is 11.3 Å². The SMILES string of the molecule is Cc1nc(Nc2ccccc2C#N)cc(NC(C)c2ccccc2)n1. The molecule has 1 aromatic heterocycles. The Bertz CT molecular complexity index is 899.